The monoisotopic (exact) mass is 369 g/mol. The lowest BCUT2D eigenvalue weighted by atomic mass is 9.97. The van der Waals surface area contributed by atoms with E-state index < -0.39 is 21.7 Å². The average Bonchev–Trinajstić information content (AvgIpc) is 2.56. The Kier molecular flexibility index (Phi) is 8.09. The quantitative estimate of drug-likeness (QED) is 0.659. The zero-order valence-corrected chi connectivity index (χ0v) is 15.8. The zero-order valence-electron chi connectivity index (χ0n) is 15.0. The van der Waals surface area contributed by atoms with Gasteiger partial charge < -0.3 is 10.4 Å². The summed E-state index contributed by atoms with van der Waals surface area (Å²) in [4.78, 5) is 23.3. The van der Waals surface area contributed by atoms with Crippen LogP contribution in [0.4, 0.5) is 0 Å². The van der Waals surface area contributed by atoms with E-state index in [1.165, 1.54) is 0 Å². The normalized spacial score (nSPS) is 12.8. The molecule has 0 aromatic heterocycles. The number of rotatable bonds is 10. The molecular formula is C18H27NO5S. The van der Waals surface area contributed by atoms with Gasteiger partial charge in [0.25, 0.3) is 0 Å². The van der Waals surface area contributed by atoms with Crippen molar-refractivity contribution < 1.29 is 23.1 Å². The highest BCUT2D eigenvalue weighted by Gasteiger charge is 2.19. The predicted molar refractivity (Wildman–Crippen MR) is 96.1 cm³/mol. The molecule has 6 nitrogen and oxygen atoms in total. The number of aryl methyl sites for hydroxylation is 1. The van der Waals surface area contributed by atoms with Crippen molar-refractivity contribution in [3.63, 3.8) is 0 Å². The van der Waals surface area contributed by atoms with Crippen LogP contribution in [-0.4, -0.2) is 37.7 Å². The predicted octanol–water partition coefficient (Wildman–Crippen LogP) is 2.28. The van der Waals surface area contributed by atoms with Gasteiger partial charge in [-0.05, 0) is 36.5 Å². The molecule has 1 aromatic rings. The molecule has 0 fully saturated rings. The van der Waals surface area contributed by atoms with Gasteiger partial charge in [-0.3, -0.25) is 9.59 Å². The molecule has 0 aliphatic rings. The first-order valence-corrected chi connectivity index (χ1v) is 10.1. The molecule has 1 amide bonds. The number of hydrogen-bond donors (Lipinski definition) is 2. The summed E-state index contributed by atoms with van der Waals surface area (Å²) in [5, 5.41) is 11.8. The lowest BCUT2D eigenvalue weighted by Gasteiger charge is -2.15. The van der Waals surface area contributed by atoms with Gasteiger partial charge in [0, 0.05) is 13.0 Å². The minimum absolute atomic E-state index is 0.0515. The van der Waals surface area contributed by atoms with Gasteiger partial charge >= 0.3 is 5.97 Å². The molecule has 1 rings (SSSR count). The van der Waals surface area contributed by atoms with Crippen LogP contribution >= 0.6 is 0 Å². The molecule has 0 saturated carbocycles. The van der Waals surface area contributed by atoms with E-state index >= 15 is 0 Å². The van der Waals surface area contributed by atoms with E-state index in [0.717, 1.165) is 5.56 Å². The van der Waals surface area contributed by atoms with Crippen LogP contribution in [0.5, 0.6) is 0 Å². The van der Waals surface area contributed by atoms with Crippen molar-refractivity contribution in [3.05, 3.63) is 29.8 Å². The number of benzene rings is 1. The van der Waals surface area contributed by atoms with Crippen LogP contribution in [0.1, 0.15) is 39.2 Å². The summed E-state index contributed by atoms with van der Waals surface area (Å²) in [6.45, 7) is 5.61. The topological polar surface area (TPSA) is 101 Å². The second kappa shape index (κ2) is 9.56. The third-order valence-electron chi connectivity index (χ3n) is 3.95. The van der Waals surface area contributed by atoms with Gasteiger partial charge in [-0.15, -0.1) is 0 Å². The highest BCUT2D eigenvalue weighted by molar-refractivity contribution is 7.91. The molecule has 0 heterocycles. The molecule has 25 heavy (non-hydrogen) atoms. The Morgan fingerprint density at radius 2 is 1.76 bits per heavy atom. The molecule has 0 spiro atoms. The number of amides is 1. The van der Waals surface area contributed by atoms with Gasteiger partial charge in [0.05, 0.1) is 16.6 Å². The van der Waals surface area contributed by atoms with Crippen LogP contribution in [0.25, 0.3) is 0 Å². The third kappa shape index (κ3) is 7.25. The summed E-state index contributed by atoms with van der Waals surface area (Å²) in [5.74, 6) is -1.39. The second-order valence-corrected chi connectivity index (χ2v) is 8.79. The maximum absolute atomic E-state index is 11.9. The van der Waals surface area contributed by atoms with Crippen LogP contribution in [0, 0.1) is 11.8 Å². The molecule has 1 aromatic carbocycles. The van der Waals surface area contributed by atoms with E-state index in [-0.39, 0.29) is 35.4 Å². The molecule has 1 unspecified atom stereocenters. The van der Waals surface area contributed by atoms with Gasteiger partial charge in [0.1, 0.15) is 0 Å². The summed E-state index contributed by atoms with van der Waals surface area (Å²) in [6, 6.07) is 6.51. The van der Waals surface area contributed by atoms with Crippen molar-refractivity contribution in [2.24, 2.45) is 11.8 Å². The van der Waals surface area contributed by atoms with Crippen LogP contribution in [0.15, 0.2) is 29.2 Å². The number of aliphatic carboxylic acids is 1. The second-order valence-electron chi connectivity index (χ2n) is 6.52. The standard InChI is InChI=1S/C18H27NO5S/c1-4-25(23,24)16-8-5-14(6-9-16)7-10-17(20)19-12-15(18(21)22)11-13(2)3/h5-6,8-9,13,15H,4,7,10-12H2,1-3H3,(H,19,20)(H,21,22). The van der Waals surface area contributed by atoms with Gasteiger partial charge in [-0.25, -0.2) is 8.42 Å². The van der Waals surface area contributed by atoms with E-state index in [1.807, 2.05) is 13.8 Å². The molecule has 2 N–H and O–H groups in total. The lowest BCUT2D eigenvalue weighted by molar-refractivity contribution is -0.142. The summed E-state index contributed by atoms with van der Waals surface area (Å²) in [5.41, 5.74) is 0.863. The van der Waals surface area contributed by atoms with Crippen molar-refractivity contribution in [1.29, 1.82) is 0 Å². The number of sulfone groups is 1. The van der Waals surface area contributed by atoms with E-state index in [0.29, 0.717) is 12.8 Å². The fourth-order valence-electron chi connectivity index (χ4n) is 2.45. The van der Waals surface area contributed by atoms with E-state index in [1.54, 1.807) is 31.2 Å². The minimum atomic E-state index is -3.22. The van der Waals surface area contributed by atoms with Crippen molar-refractivity contribution in [2.45, 2.75) is 44.9 Å². The van der Waals surface area contributed by atoms with Crippen LogP contribution in [0.3, 0.4) is 0 Å². The summed E-state index contributed by atoms with van der Waals surface area (Å²) in [7, 11) is -3.22. The van der Waals surface area contributed by atoms with E-state index in [4.69, 9.17) is 5.11 Å². The molecule has 0 radical (unpaired) electrons. The molecule has 1 atom stereocenters. The number of hydrogen-bond acceptors (Lipinski definition) is 4. The van der Waals surface area contributed by atoms with Crippen LogP contribution in [-0.2, 0) is 25.8 Å². The van der Waals surface area contributed by atoms with Gasteiger partial charge in [-0.1, -0.05) is 32.9 Å². The van der Waals surface area contributed by atoms with Crippen molar-refractivity contribution in [2.75, 3.05) is 12.3 Å². The van der Waals surface area contributed by atoms with Gasteiger partial charge in [0.15, 0.2) is 9.84 Å². The molecule has 0 bridgehead atoms. The van der Waals surface area contributed by atoms with E-state index in [9.17, 15) is 18.0 Å². The molecule has 0 aliphatic carbocycles. The Labute approximate surface area is 149 Å². The number of carboxylic acids is 1. The number of carbonyl (C=O) groups excluding carboxylic acids is 1. The Morgan fingerprint density at radius 3 is 2.24 bits per heavy atom. The van der Waals surface area contributed by atoms with Gasteiger partial charge in [0.2, 0.25) is 5.91 Å². The largest absolute Gasteiger partial charge is 0.481 e. The Hall–Kier alpha value is -1.89. The number of nitrogens with one attached hydrogen (secondary N) is 1. The Balaban J connectivity index is 2.50. The third-order valence-corrected chi connectivity index (χ3v) is 5.70. The van der Waals surface area contributed by atoms with Crippen LogP contribution in [0.2, 0.25) is 0 Å². The number of carbonyl (C=O) groups is 2. The van der Waals surface area contributed by atoms with Crippen molar-refractivity contribution >= 4 is 21.7 Å². The fraction of sp³-hybridized carbons (Fsp3) is 0.556. The maximum atomic E-state index is 11.9. The molecular weight excluding hydrogens is 342 g/mol. The average molecular weight is 369 g/mol. The molecule has 140 valence electrons. The SMILES string of the molecule is CCS(=O)(=O)c1ccc(CCC(=O)NCC(CC(C)C)C(=O)O)cc1. The zero-order chi connectivity index (χ0) is 19.0. The highest BCUT2D eigenvalue weighted by atomic mass is 32.2. The minimum Gasteiger partial charge on any atom is -0.481 e. The van der Waals surface area contributed by atoms with Crippen molar-refractivity contribution in [3.8, 4) is 0 Å². The molecule has 0 aliphatic heterocycles. The summed E-state index contributed by atoms with van der Waals surface area (Å²) >= 11 is 0. The Bertz CT molecular complexity index is 680. The maximum Gasteiger partial charge on any atom is 0.308 e. The molecule has 7 heteroatoms. The highest BCUT2D eigenvalue weighted by Crippen LogP contribution is 2.14. The van der Waals surface area contributed by atoms with Crippen LogP contribution < -0.4 is 5.32 Å². The fourth-order valence-corrected chi connectivity index (χ4v) is 3.34. The first-order valence-electron chi connectivity index (χ1n) is 8.47. The molecule has 0 saturated heterocycles. The van der Waals surface area contributed by atoms with Crippen molar-refractivity contribution in [1.82, 2.24) is 5.32 Å². The summed E-state index contributed by atoms with van der Waals surface area (Å²) in [6.07, 6.45) is 1.22. The van der Waals surface area contributed by atoms with E-state index in [2.05, 4.69) is 5.32 Å². The summed E-state index contributed by atoms with van der Waals surface area (Å²) < 4.78 is 23.5. The smallest absolute Gasteiger partial charge is 0.308 e. The first-order chi connectivity index (χ1) is 11.7. The first kappa shape index (κ1) is 21.2. The lowest BCUT2D eigenvalue weighted by Crippen LogP contribution is -2.33. The number of carboxylic acid groups (broad SMARTS) is 1. The van der Waals surface area contributed by atoms with Gasteiger partial charge in [-0.2, -0.15) is 0 Å². The Morgan fingerprint density at radius 1 is 1.16 bits per heavy atom.